The van der Waals surface area contributed by atoms with Crippen LogP contribution in [0.1, 0.15) is 19.4 Å². The van der Waals surface area contributed by atoms with E-state index < -0.39 is 17.3 Å². The second-order valence-corrected chi connectivity index (χ2v) is 6.05. The SMILES string of the molecule is COc1c2ccoc2c(C[C@@H](O)C(C)(C)O)c2oc(=O)ccc12. The lowest BCUT2D eigenvalue weighted by atomic mass is 9.93. The number of furan rings is 1. The minimum atomic E-state index is -1.31. The lowest BCUT2D eigenvalue weighted by Gasteiger charge is -2.24. The number of rotatable bonds is 4. The molecular weight excluding hydrogens is 300 g/mol. The highest BCUT2D eigenvalue weighted by atomic mass is 16.5. The van der Waals surface area contributed by atoms with Crippen molar-refractivity contribution in [3.63, 3.8) is 0 Å². The van der Waals surface area contributed by atoms with Crippen molar-refractivity contribution in [2.24, 2.45) is 0 Å². The van der Waals surface area contributed by atoms with Gasteiger partial charge in [-0.1, -0.05) is 0 Å². The van der Waals surface area contributed by atoms with Crippen molar-refractivity contribution < 1.29 is 23.8 Å². The van der Waals surface area contributed by atoms with Crippen LogP contribution in [0.3, 0.4) is 0 Å². The van der Waals surface area contributed by atoms with Gasteiger partial charge in [-0.15, -0.1) is 0 Å². The van der Waals surface area contributed by atoms with E-state index in [0.717, 1.165) is 0 Å². The van der Waals surface area contributed by atoms with Gasteiger partial charge in [-0.3, -0.25) is 0 Å². The summed E-state index contributed by atoms with van der Waals surface area (Å²) in [6, 6.07) is 4.68. The van der Waals surface area contributed by atoms with Crippen LogP contribution >= 0.6 is 0 Å². The normalized spacial score (nSPS) is 13.6. The zero-order valence-electron chi connectivity index (χ0n) is 13.1. The van der Waals surface area contributed by atoms with Gasteiger partial charge in [0.15, 0.2) is 0 Å². The Hall–Kier alpha value is -2.31. The van der Waals surface area contributed by atoms with Crippen molar-refractivity contribution in [2.45, 2.75) is 32.0 Å². The van der Waals surface area contributed by atoms with Crippen LogP contribution in [-0.2, 0) is 6.42 Å². The molecule has 6 heteroatoms. The van der Waals surface area contributed by atoms with E-state index in [1.165, 1.54) is 33.3 Å². The Kier molecular flexibility index (Phi) is 3.66. The van der Waals surface area contributed by atoms with Gasteiger partial charge in [0.05, 0.1) is 35.9 Å². The summed E-state index contributed by atoms with van der Waals surface area (Å²) in [5, 5.41) is 21.6. The van der Waals surface area contributed by atoms with Crippen LogP contribution in [0, 0.1) is 0 Å². The molecule has 122 valence electrons. The molecule has 0 bridgehead atoms. The first-order chi connectivity index (χ1) is 10.8. The number of ether oxygens (including phenoxy) is 1. The fourth-order valence-corrected chi connectivity index (χ4v) is 2.64. The number of hydrogen-bond acceptors (Lipinski definition) is 6. The molecule has 2 aromatic heterocycles. The second kappa shape index (κ2) is 5.40. The van der Waals surface area contributed by atoms with Crippen molar-refractivity contribution in [3.05, 3.63) is 40.4 Å². The Morgan fingerprint density at radius 1 is 1.22 bits per heavy atom. The number of aliphatic hydroxyl groups excluding tert-OH is 1. The molecule has 0 unspecified atom stereocenters. The van der Waals surface area contributed by atoms with E-state index in [1.807, 2.05) is 0 Å². The molecule has 1 atom stereocenters. The van der Waals surface area contributed by atoms with Gasteiger partial charge in [0, 0.05) is 18.1 Å². The minimum absolute atomic E-state index is 0.0704. The minimum Gasteiger partial charge on any atom is -0.495 e. The molecule has 2 heterocycles. The molecule has 1 aromatic carbocycles. The van der Waals surface area contributed by atoms with Gasteiger partial charge in [-0.2, -0.15) is 0 Å². The average molecular weight is 318 g/mol. The molecule has 23 heavy (non-hydrogen) atoms. The molecule has 0 aliphatic heterocycles. The summed E-state index contributed by atoms with van der Waals surface area (Å²) in [6.45, 7) is 3.03. The number of benzene rings is 1. The van der Waals surface area contributed by atoms with E-state index in [2.05, 4.69) is 0 Å². The Balaban J connectivity index is 2.35. The summed E-state index contributed by atoms with van der Waals surface area (Å²) < 4.78 is 16.3. The van der Waals surface area contributed by atoms with Gasteiger partial charge in [0.2, 0.25) is 0 Å². The summed E-state index contributed by atoms with van der Waals surface area (Å²) in [4.78, 5) is 11.6. The van der Waals surface area contributed by atoms with Gasteiger partial charge in [-0.25, -0.2) is 4.79 Å². The molecule has 0 saturated heterocycles. The zero-order valence-corrected chi connectivity index (χ0v) is 13.1. The van der Waals surface area contributed by atoms with Crippen molar-refractivity contribution in [1.82, 2.24) is 0 Å². The fraction of sp³-hybridized carbons (Fsp3) is 0.353. The lowest BCUT2D eigenvalue weighted by molar-refractivity contribution is -0.0468. The topological polar surface area (TPSA) is 93.0 Å². The van der Waals surface area contributed by atoms with E-state index in [4.69, 9.17) is 13.6 Å². The highest BCUT2D eigenvalue weighted by Crippen LogP contribution is 2.39. The van der Waals surface area contributed by atoms with Crippen LogP contribution in [-0.4, -0.2) is 29.0 Å². The second-order valence-electron chi connectivity index (χ2n) is 6.05. The van der Waals surface area contributed by atoms with Crippen molar-refractivity contribution in [2.75, 3.05) is 7.11 Å². The first-order valence-corrected chi connectivity index (χ1v) is 7.23. The number of fused-ring (bicyclic) bond motifs is 2. The molecule has 0 aliphatic carbocycles. The van der Waals surface area contributed by atoms with Crippen molar-refractivity contribution >= 4 is 21.9 Å². The third kappa shape index (κ3) is 2.60. The van der Waals surface area contributed by atoms with Gasteiger partial charge < -0.3 is 23.8 Å². The first-order valence-electron chi connectivity index (χ1n) is 7.23. The Morgan fingerprint density at radius 2 is 1.91 bits per heavy atom. The van der Waals surface area contributed by atoms with Gasteiger partial charge >= 0.3 is 5.63 Å². The summed E-state index contributed by atoms with van der Waals surface area (Å²) in [7, 11) is 1.53. The van der Waals surface area contributed by atoms with Crippen LogP contribution in [0.15, 0.2) is 38.1 Å². The largest absolute Gasteiger partial charge is 0.495 e. The predicted octanol–water partition coefficient (Wildman–Crippen LogP) is 2.22. The Morgan fingerprint density at radius 3 is 2.57 bits per heavy atom. The zero-order chi connectivity index (χ0) is 16.8. The van der Waals surface area contributed by atoms with Gasteiger partial charge in [0.1, 0.15) is 16.9 Å². The van der Waals surface area contributed by atoms with Crippen molar-refractivity contribution in [1.29, 1.82) is 0 Å². The molecule has 2 N–H and O–H groups in total. The maximum absolute atomic E-state index is 11.6. The van der Waals surface area contributed by atoms with Crippen LogP contribution in [0.5, 0.6) is 5.75 Å². The third-order valence-corrected chi connectivity index (χ3v) is 3.95. The quantitative estimate of drug-likeness (QED) is 0.717. The van der Waals surface area contributed by atoms with E-state index in [-0.39, 0.29) is 6.42 Å². The van der Waals surface area contributed by atoms with Crippen molar-refractivity contribution in [3.8, 4) is 5.75 Å². The maximum atomic E-state index is 11.6. The molecule has 0 fully saturated rings. The fourth-order valence-electron chi connectivity index (χ4n) is 2.64. The smallest absolute Gasteiger partial charge is 0.336 e. The van der Waals surface area contributed by atoms with E-state index in [9.17, 15) is 15.0 Å². The van der Waals surface area contributed by atoms with Gasteiger partial charge in [-0.05, 0) is 26.0 Å². The molecule has 0 saturated carbocycles. The highest BCUT2D eigenvalue weighted by Gasteiger charge is 2.28. The Labute approximate surface area is 131 Å². The van der Waals surface area contributed by atoms with Crippen LogP contribution < -0.4 is 10.4 Å². The summed E-state index contributed by atoms with van der Waals surface area (Å²) in [5.74, 6) is 0.536. The van der Waals surface area contributed by atoms with Gasteiger partial charge in [0.25, 0.3) is 0 Å². The molecular formula is C17H18O6. The third-order valence-electron chi connectivity index (χ3n) is 3.95. The van der Waals surface area contributed by atoms with E-state index in [1.54, 1.807) is 12.1 Å². The molecule has 3 aromatic rings. The average Bonchev–Trinajstić information content (AvgIpc) is 2.95. The standard InChI is InChI=1S/C17H18O6/c1-17(2,20)12(18)8-11-15-10(6-7-22-15)14(21-3)9-4-5-13(19)23-16(9)11/h4-7,12,18,20H,8H2,1-3H3/t12-/m1/s1. The maximum Gasteiger partial charge on any atom is 0.336 e. The predicted molar refractivity (Wildman–Crippen MR) is 84.8 cm³/mol. The lowest BCUT2D eigenvalue weighted by Crippen LogP contribution is -2.37. The van der Waals surface area contributed by atoms with Crippen LogP contribution in [0.4, 0.5) is 0 Å². The molecule has 3 rings (SSSR count). The summed E-state index contributed by atoms with van der Waals surface area (Å²) in [5.41, 5.74) is -0.537. The summed E-state index contributed by atoms with van der Waals surface area (Å²) >= 11 is 0. The van der Waals surface area contributed by atoms with E-state index in [0.29, 0.717) is 33.3 Å². The first kappa shape index (κ1) is 15.6. The molecule has 6 nitrogen and oxygen atoms in total. The van der Waals surface area contributed by atoms with Crippen LogP contribution in [0.2, 0.25) is 0 Å². The molecule has 0 aliphatic rings. The number of methoxy groups -OCH3 is 1. The monoisotopic (exact) mass is 318 g/mol. The molecule has 0 radical (unpaired) electrons. The summed E-state index contributed by atoms with van der Waals surface area (Å²) in [6.07, 6.45) is 0.517. The Bertz CT molecular complexity index is 912. The van der Waals surface area contributed by atoms with Crippen LogP contribution in [0.25, 0.3) is 21.9 Å². The molecule has 0 spiro atoms. The molecule has 0 amide bonds. The number of hydrogen-bond donors (Lipinski definition) is 2. The highest BCUT2D eigenvalue weighted by molar-refractivity contribution is 6.04. The number of aliphatic hydroxyl groups is 2. The van der Waals surface area contributed by atoms with E-state index >= 15 is 0 Å².